The van der Waals surface area contributed by atoms with Crippen molar-refractivity contribution in [3.05, 3.63) is 77.1 Å². The van der Waals surface area contributed by atoms with Crippen LogP contribution in [0.25, 0.3) is 11.0 Å². The van der Waals surface area contributed by atoms with Gasteiger partial charge in [-0.3, -0.25) is 4.98 Å². The number of H-pyrrole nitrogens is 1. The number of hydrogen-bond acceptors (Lipinski definition) is 5. The number of alkyl halides is 3. The first kappa shape index (κ1) is 22.5. The van der Waals surface area contributed by atoms with E-state index >= 15 is 0 Å². The van der Waals surface area contributed by atoms with E-state index in [1.54, 1.807) is 25.1 Å². The van der Waals surface area contributed by atoms with E-state index < -0.39 is 11.7 Å². The molecule has 0 aliphatic heterocycles. The number of aromatic amines is 1. The number of methoxy groups -OCH3 is 1. The number of hydrogen-bond donors (Lipinski definition) is 1. The fourth-order valence-electron chi connectivity index (χ4n) is 3.11. The Morgan fingerprint density at radius 3 is 2.50 bits per heavy atom. The Hall–Kier alpha value is -2.65. The molecule has 32 heavy (non-hydrogen) atoms. The Labute approximate surface area is 192 Å². The predicted molar refractivity (Wildman–Crippen MR) is 122 cm³/mol. The molecule has 2 aromatic carbocycles. The van der Waals surface area contributed by atoms with Crippen LogP contribution in [0, 0.1) is 6.92 Å². The zero-order valence-corrected chi connectivity index (χ0v) is 19.0. The molecule has 1 N–H and O–H groups in total. The highest BCUT2D eigenvalue weighted by Gasteiger charge is 2.30. The lowest BCUT2D eigenvalue weighted by atomic mass is 10.2. The van der Waals surface area contributed by atoms with Crippen molar-refractivity contribution in [2.45, 2.75) is 34.7 Å². The summed E-state index contributed by atoms with van der Waals surface area (Å²) in [5, 5.41) is 0.566. The molecule has 2 aromatic heterocycles. The Morgan fingerprint density at radius 1 is 1.00 bits per heavy atom. The molecule has 0 aliphatic rings. The van der Waals surface area contributed by atoms with Crippen molar-refractivity contribution in [1.82, 2.24) is 15.0 Å². The van der Waals surface area contributed by atoms with Gasteiger partial charge < -0.3 is 9.72 Å². The van der Waals surface area contributed by atoms with Gasteiger partial charge in [0.2, 0.25) is 0 Å². The van der Waals surface area contributed by atoms with Crippen LogP contribution < -0.4 is 4.74 Å². The molecule has 0 amide bonds. The largest absolute Gasteiger partial charge is 0.497 e. The lowest BCUT2D eigenvalue weighted by molar-refractivity contribution is -0.137. The monoisotopic (exact) mass is 475 g/mol. The van der Waals surface area contributed by atoms with Gasteiger partial charge in [-0.25, -0.2) is 4.98 Å². The van der Waals surface area contributed by atoms with Crippen LogP contribution in [-0.2, 0) is 17.7 Å². The van der Waals surface area contributed by atoms with Gasteiger partial charge in [0, 0.05) is 22.6 Å². The van der Waals surface area contributed by atoms with E-state index in [0.29, 0.717) is 21.9 Å². The first-order chi connectivity index (χ1) is 15.3. The summed E-state index contributed by atoms with van der Waals surface area (Å²) in [6, 6.07) is 13.5. The zero-order valence-electron chi connectivity index (χ0n) is 17.4. The number of ether oxygens (including phenoxy) is 1. The molecule has 0 radical (unpaired) electrons. The molecular weight excluding hydrogens is 455 g/mol. The van der Waals surface area contributed by atoms with Crippen molar-refractivity contribution in [3.8, 4) is 5.75 Å². The lowest BCUT2D eigenvalue weighted by Crippen LogP contribution is -2.04. The maximum atomic E-state index is 12.9. The van der Waals surface area contributed by atoms with Gasteiger partial charge in [0.15, 0.2) is 5.16 Å². The number of thioether (sulfide) groups is 2. The Balaban J connectivity index is 1.43. The summed E-state index contributed by atoms with van der Waals surface area (Å²) >= 11 is 3.16. The topological polar surface area (TPSA) is 50.8 Å². The second-order valence-corrected chi connectivity index (χ2v) is 9.06. The number of benzene rings is 2. The molecule has 0 fully saturated rings. The van der Waals surface area contributed by atoms with E-state index in [9.17, 15) is 13.2 Å². The van der Waals surface area contributed by atoms with Crippen molar-refractivity contribution in [2.75, 3.05) is 7.11 Å². The molecule has 166 valence electrons. The molecular formula is C23H20F3N3OS2. The van der Waals surface area contributed by atoms with Gasteiger partial charge in [0.05, 0.1) is 29.4 Å². The van der Waals surface area contributed by atoms with Crippen molar-refractivity contribution in [1.29, 1.82) is 0 Å². The van der Waals surface area contributed by atoms with Crippen LogP contribution in [0.4, 0.5) is 13.2 Å². The van der Waals surface area contributed by atoms with E-state index in [0.717, 1.165) is 39.8 Å². The van der Waals surface area contributed by atoms with Crippen LogP contribution in [0.5, 0.6) is 5.75 Å². The van der Waals surface area contributed by atoms with Crippen molar-refractivity contribution >= 4 is 34.6 Å². The molecule has 0 saturated heterocycles. The highest BCUT2D eigenvalue weighted by molar-refractivity contribution is 7.98. The van der Waals surface area contributed by atoms with E-state index in [-0.39, 0.29) is 0 Å². The average Bonchev–Trinajstić information content (AvgIpc) is 3.19. The Morgan fingerprint density at radius 2 is 1.78 bits per heavy atom. The van der Waals surface area contributed by atoms with Crippen LogP contribution in [0.15, 0.2) is 64.8 Å². The fourth-order valence-corrected chi connectivity index (χ4v) is 5.03. The molecule has 0 bridgehead atoms. The first-order valence-corrected chi connectivity index (χ1v) is 11.7. The van der Waals surface area contributed by atoms with Gasteiger partial charge >= 0.3 is 6.18 Å². The first-order valence-electron chi connectivity index (χ1n) is 9.73. The summed E-state index contributed by atoms with van der Waals surface area (Å²) in [4.78, 5) is 13.0. The number of rotatable bonds is 7. The molecule has 0 saturated carbocycles. The van der Waals surface area contributed by atoms with E-state index in [1.165, 1.54) is 23.4 Å². The number of nitrogens with one attached hydrogen (secondary N) is 1. The number of pyridine rings is 1. The fraction of sp³-hybridized carbons (Fsp3) is 0.217. The number of halogens is 3. The highest BCUT2D eigenvalue weighted by Crippen LogP contribution is 2.33. The molecule has 0 spiro atoms. The SMILES string of the molecule is COc1ccc(CSc2ccnc(CSc3nc4ccc(C(F)(F)F)cc4[nH]3)c2C)cc1. The summed E-state index contributed by atoms with van der Waals surface area (Å²) in [5.74, 6) is 2.22. The number of aromatic nitrogens is 3. The minimum Gasteiger partial charge on any atom is -0.497 e. The standard InChI is InChI=1S/C23H20F3N3OS2/c1-14-20(27-10-9-21(14)31-12-15-3-6-17(30-2)7-4-15)13-32-22-28-18-8-5-16(23(24,25)26)11-19(18)29-22/h3-11H,12-13H2,1-2H3,(H,28,29). The van der Waals surface area contributed by atoms with Gasteiger partial charge in [-0.2, -0.15) is 13.2 Å². The molecule has 4 aromatic rings. The maximum absolute atomic E-state index is 12.9. The summed E-state index contributed by atoms with van der Waals surface area (Å²) in [6.45, 7) is 2.04. The third kappa shape index (κ3) is 5.21. The lowest BCUT2D eigenvalue weighted by Gasteiger charge is -2.10. The molecule has 4 nitrogen and oxygen atoms in total. The van der Waals surface area contributed by atoms with Crippen LogP contribution >= 0.6 is 23.5 Å². The maximum Gasteiger partial charge on any atom is 0.416 e. The summed E-state index contributed by atoms with van der Waals surface area (Å²) in [5.41, 5.74) is 3.40. The molecule has 9 heteroatoms. The number of nitrogens with zero attached hydrogens (tertiary/aromatic N) is 2. The average molecular weight is 476 g/mol. The molecule has 4 rings (SSSR count). The minimum absolute atomic E-state index is 0.371. The van der Waals surface area contributed by atoms with Gasteiger partial charge in [-0.05, 0) is 54.4 Å². The van der Waals surface area contributed by atoms with Gasteiger partial charge in [0.1, 0.15) is 5.75 Å². The zero-order chi connectivity index (χ0) is 22.7. The van der Waals surface area contributed by atoms with E-state index in [2.05, 4.69) is 15.0 Å². The quantitative estimate of drug-likeness (QED) is 0.295. The predicted octanol–water partition coefficient (Wildman–Crippen LogP) is 6.88. The molecule has 0 unspecified atom stereocenters. The van der Waals surface area contributed by atoms with E-state index in [4.69, 9.17) is 4.74 Å². The normalized spacial score (nSPS) is 11.8. The molecule has 2 heterocycles. The van der Waals surface area contributed by atoms with Crippen molar-refractivity contribution in [2.24, 2.45) is 0 Å². The summed E-state index contributed by atoms with van der Waals surface area (Å²) < 4.78 is 44.0. The smallest absolute Gasteiger partial charge is 0.416 e. The van der Waals surface area contributed by atoms with E-state index in [1.807, 2.05) is 37.3 Å². The Kier molecular flexibility index (Phi) is 6.66. The second-order valence-electron chi connectivity index (χ2n) is 7.08. The Bertz CT molecular complexity index is 1220. The third-order valence-corrected chi connectivity index (χ3v) is 7.06. The minimum atomic E-state index is -4.38. The summed E-state index contributed by atoms with van der Waals surface area (Å²) in [7, 11) is 1.65. The van der Waals surface area contributed by atoms with Crippen LogP contribution in [-0.4, -0.2) is 22.1 Å². The summed E-state index contributed by atoms with van der Waals surface area (Å²) in [6.07, 6.45) is -2.59. The molecule has 0 aliphatic carbocycles. The highest BCUT2D eigenvalue weighted by atomic mass is 32.2. The van der Waals surface area contributed by atoms with Crippen molar-refractivity contribution in [3.63, 3.8) is 0 Å². The van der Waals surface area contributed by atoms with Crippen molar-refractivity contribution < 1.29 is 17.9 Å². The van der Waals surface area contributed by atoms with Gasteiger partial charge in [-0.1, -0.05) is 23.9 Å². The second kappa shape index (κ2) is 9.46. The number of imidazole rings is 1. The van der Waals surface area contributed by atoms with Crippen LogP contribution in [0.3, 0.4) is 0 Å². The molecule has 0 atom stereocenters. The van der Waals surface area contributed by atoms with Gasteiger partial charge in [-0.15, -0.1) is 11.8 Å². The van der Waals surface area contributed by atoms with Crippen LogP contribution in [0.1, 0.15) is 22.4 Å². The third-order valence-electron chi connectivity index (χ3n) is 4.95. The number of fused-ring (bicyclic) bond motifs is 1. The van der Waals surface area contributed by atoms with Gasteiger partial charge in [0.25, 0.3) is 0 Å². The van der Waals surface area contributed by atoms with Crippen LogP contribution in [0.2, 0.25) is 0 Å².